The van der Waals surface area contributed by atoms with Gasteiger partial charge in [-0.25, -0.2) is 0 Å². The molecule has 4 unspecified atom stereocenters. The maximum Gasteiger partial charge on any atom is 0.0194 e. The molecular formula is C12H23NS2. The zero-order valence-electron chi connectivity index (χ0n) is 9.87. The average molecular weight is 245 g/mol. The Kier molecular flexibility index (Phi) is 4.71. The summed E-state index contributed by atoms with van der Waals surface area (Å²) in [5.74, 6) is 1.36. The highest BCUT2D eigenvalue weighted by atomic mass is 32.2. The molecule has 1 N–H and O–H groups in total. The highest BCUT2D eigenvalue weighted by molar-refractivity contribution is 8.00. The third-order valence-electron chi connectivity index (χ3n) is 3.79. The van der Waals surface area contributed by atoms with Crippen molar-refractivity contribution in [2.45, 2.75) is 61.6 Å². The van der Waals surface area contributed by atoms with Crippen LogP contribution in [0.5, 0.6) is 0 Å². The molecule has 0 aromatic rings. The van der Waals surface area contributed by atoms with Crippen molar-refractivity contribution < 1.29 is 0 Å². The minimum absolute atomic E-state index is 0.792. The Labute approximate surface area is 103 Å². The summed E-state index contributed by atoms with van der Waals surface area (Å²) in [7, 11) is 0. The lowest BCUT2D eigenvalue weighted by atomic mass is 9.94. The van der Waals surface area contributed by atoms with E-state index >= 15 is 0 Å². The van der Waals surface area contributed by atoms with Gasteiger partial charge in [-0.2, -0.15) is 23.5 Å². The Hall–Kier alpha value is 0.660. The summed E-state index contributed by atoms with van der Waals surface area (Å²) in [6, 6.07) is 1.60. The van der Waals surface area contributed by atoms with Crippen LogP contribution in [0.2, 0.25) is 0 Å². The van der Waals surface area contributed by atoms with E-state index in [4.69, 9.17) is 0 Å². The van der Waals surface area contributed by atoms with Gasteiger partial charge in [0.2, 0.25) is 0 Å². The first kappa shape index (κ1) is 12.1. The van der Waals surface area contributed by atoms with Crippen LogP contribution < -0.4 is 5.32 Å². The molecule has 0 bridgehead atoms. The summed E-state index contributed by atoms with van der Waals surface area (Å²) < 4.78 is 0. The number of hydrogen-bond donors (Lipinski definition) is 1. The SMILES string of the molecule is CSC1CCCC(NC2CCSC2C)C1. The fourth-order valence-corrected chi connectivity index (χ4v) is 4.80. The van der Waals surface area contributed by atoms with Gasteiger partial charge in [0.1, 0.15) is 0 Å². The van der Waals surface area contributed by atoms with Crippen LogP contribution >= 0.6 is 23.5 Å². The lowest BCUT2D eigenvalue weighted by molar-refractivity contribution is 0.340. The lowest BCUT2D eigenvalue weighted by Gasteiger charge is -2.32. The molecule has 2 rings (SSSR count). The molecule has 0 amide bonds. The highest BCUT2D eigenvalue weighted by Gasteiger charge is 2.28. The third kappa shape index (κ3) is 3.31. The van der Waals surface area contributed by atoms with Gasteiger partial charge in [-0.15, -0.1) is 0 Å². The molecule has 2 aliphatic rings. The number of thioether (sulfide) groups is 2. The van der Waals surface area contributed by atoms with Crippen LogP contribution in [0.3, 0.4) is 0 Å². The fraction of sp³-hybridized carbons (Fsp3) is 1.00. The first-order chi connectivity index (χ1) is 7.29. The van der Waals surface area contributed by atoms with Gasteiger partial charge in [0, 0.05) is 22.6 Å². The molecule has 0 spiro atoms. The summed E-state index contributed by atoms with van der Waals surface area (Å²) in [6.07, 6.45) is 9.32. The zero-order valence-corrected chi connectivity index (χ0v) is 11.5. The largest absolute Gasteiger partial charge is 0.310 e. The van der Waals surface area contributed by atoms with Gasteiger partial charge >= 0.3 is 0 Å². The first-order valence-electron chi connectivity index (χ1n) is 6.20. The minimum Gasteiger partial charge on any atom is -0.310 e. The second-order valence-corrected chi connectivity index (χ2v) is 7.48. The quantitative estimate of drug-likeness (QED) is 0.820. The standard InChI is InChI=1S/C12H23NS2/c1-9-12(6-7-15-9)13-10-4-3-5-11(8-10)14-2/h9-13H,3-8H2,1-2H3. The molecule has 88 valence electrons. The van der Waals surface area contributed by atoms with Gasteiger partial charge in [-0.05, 0) is 37.7 Å². The van der Waals surface area contributed by atoms with Crippen LogP contribution in [-0.2, 0) is 0 Å². The van der Waals surface area contributed by atoms with Crippen molar-refractivity contribution >= 4 is 23.5 Å². The smallest absolute Gasteiger partial charge is 0.0194 e. The summed E-state index contributed by atoms with van der Waals surface area (Å²) in [5.41, 5.74) is 0. The predicted molar refractivity (Wildman–Crippen MR) is 73.0 cm³/mol. The van der Waals surface area contributed by atoms with E-state index in [0.717, 1.165) is 22.6 Å². The Balaban J connectivity index is 1.78. The Bertz CT molecular complexity index is 198. The van der Waals surface area contributed by atoms with Crippen LogP contribution in [-0.4, -0.2) is 34.6 Å². The summed E-state index contributed by atoms with van der Waals surface area (Å²) >= 11 is 4.20. The average Bonchev–Trinajstić information content (AvgIpc) is 2.65. The van der Waals surface area contributed by atoms with Crippen LogP contribution in [0, 0.1) is 0 Å². The van der Waals surface area contributed by atoms with Crippen molar-refractivity contribution in [3.8, 4) is 0 Å². The van der Waals surface area contributed by atoms with Crippen molar-refractivity contribution in [2.24, 2.45) is 0 Å². The highest BCUT2D eigenvalue weighted by Crippen LogP contribution is 2.30. The number of rotatable bonds is 3. The Morgan fingerprint density at radius 3 is 2.80 bits per heavy atom. The van der Waals surface area contributed by atoms with Crippen molar-refractivity contribution in [1.29, 1.82) is 0 Å². The van der Waals surface area contributed by atoms with Gasteiger partial charge in [-0.1, -0.05) is 13.3 Å². The van der Waals surface area contributed by atoms with E-state index in [1.807, 2.05) is 0 Å². The molecule has 1 heterocycles. The first-order valence-corrected chi connectivity index (χ1v) is 8.53. The molecule has 15 heavy (non-hydrogen) atoms. The summed E-state index contributed by atoms with van der Waals surface area (Å²) in [5, 5.41) is 5.65. The van der Waals surface area contributed by atoms with Crippen molar-refractivity contribution in [2.75, 3.05) is 12.0 Å². The van der Waals surface area contributed by atoms with E-state index in [1.54, 1.807) is 0 Å². The summed E-state index contributed by atoms with van der Waals surface area (Å²) in [4.78, 5) is 0. The van der Waals surface area contributed by atoms with E-state index in [-0.39, 0.29) is 0 Å². The molecule has 1 aliphatic heterocycles. The molecule has 1 nitrogen and oxygen atoms in total. The predicted octanol–water partition coefficient (Wildman–Crippen LogP) is 3.14. The third-order valence-corrected chi connectivity index (χ3v) is 6.21. The van der Waals surface area contributed by atoms with E-state index in [2.05, 4.69) is 42.0 Å². The van der Waals surface area contributed by atoms with E-state index < -0.39 is 0 Å². The van der Waals surface area contributed by atoms with Crippen LogP contribution in [0.15, 0.2) is 0 Å². The minimum atomic E-state index is 0.792. The van der Waals surface area contributed by atoms with Gasteiger partial charge in [0.25, 0.3) is 0 Å². The van der Waals surface area contributed by atoms with Gasteiger partial charge in [0.15, 0.2) is 0 Å². The van der Waals surface area contributed by atoms with Crippen LogP contribution in [0.4, 0.5) is 0 Å². The summed E-state index contributed by atoms with van der Waals surface area (Å²) in [6.45, 7) is 2.38. The molecule has 0 radical (unpaired) electrons. The molecular weight excluding hydrogens is 222 g/mol. The van der Waals surface area contributed by atoms with Crippen molar-refractivity contribution in [1.82, 2.24) is 5.32 Å². The molecule has 4 atom stereocenters. The second kappa shape index (κ2) is 5.83. The van der Waals surface area contributed by atoms with E-state index in [0.29, 0.717) is 0 Å². The maximum absolute atomic E-state index is 3.90. The van der Waals surface area contributed by atoms with Gasteiger partial charge in [-0.3, -0.25) is 0 Å². The molecule has 0 aromatic heterocycles. The normalized spacial score (nSPS) is 42.0. The van der Waals surface area contributed by atoms with E-state index in [1.165, 1.54) is 37.9 Å². The zero-order chi connectivity index (χ0) is 10.7. The lowest BCUT2D eigenvalue weighted by Crippen LogP contribution is -2.44. The molecule has 0 aromatic carbocycles. The van der Waals surface area contributed by atoms with Crippen LogP contribution in [0.25, 0.3) is 0 Å². The van der Waals surface area contributed by atoms with Gasteiger partial charge in [0.05, 0.1) is 0 Å². The monoisotopic (exact) mass is 245 g/mol. The second-order valence-electron chi connectivity index (χ2n) is 4.86. The van der Waals surface area contributed by atoms with Crippen molar-refractivity contribution in [3.63, 3.8) is 0 Å². The topological polar surface area (TPSA) is 12.0 Å². The van der Waals surface area contributed by atoms with Crippen LogP contribution in [0.1, 0.15) is 39.0 Å². The maximum atomic E-state index is 3.90. The molecule has 1 saturated heterocycles. The molecule has 1 saturated carbocycles. The molecule has 3 heteroatoms. The van der Waals surface area contributed by atoms with Gasteiger partial charge < -0.3 is 5.32 Å². The Morgan fingerprint density at radius 2 is 2.13 bits per heavy atom. The van der Waals surface area contributed by atoms with Crippen molar-refractivity contribution in [3.05, 3.63) is 0 Å². The molecule has 1 aliphatic carbocycles. The number of nitrogens with one attached hydrogen (secondary N) is 1. The fourth-order valence-electron chi connectivity index (χ4n) is 2.76. The number of hydrogen-bond acceptors (Lipinski definition) is 3. The molecule has 2 fully saturated rings. The Morgan fingerprint density at radius 1 is 1.27 bits per heavy atom. The van der Waals surface area contributed by atoms with E-state index in [9.17, 15) is 0 Å².